The van der Waals surface area contributed by atoms with E-state index in [-0.39, 0.29) is 5.91 Å². The van der Waals surface area contributed by atoms with Crippen molar-refractivity contribution in [3.8, 4) is 5.88 Å². The maximum Gasteiger partial charge on any atom is 0.257 e. The highest BCUT2D eigenvalue weighted by Crippen LogP contribution is 2.18. The van der Waals surface area contributed by atoms with Crippen LogP contribution in [0.4, 0.5) is 5.82 Å². The van der Waals surface area contributed by atoms with Crippen LogP contribution in [-0.4, -0.2) is 34.4 Å². The SMILES string of the molecule is COc1nccnc1NCc1ccc(CN2CCCC2=O)cc1. The van der Waals surface area contributed by atoms with E-state index in [0.717, 1.165) is 24.1 Å². The fourth-order valence-electron chi connectivity index (χ4n) is 2.64. The van der Waals surface area contributed by atoms with Crippen LogP contribution < -0.4 is 10.1 Å². The molecule has 1 aliphatic heterocycles. The summed E-state index contributed by atoms with van der Waals surface area (Å²) in [5.74, 6) is 1.36. The summed E-state index contributed by atoms with van der Waals surface area (Å²) in [4.78, 5) is 21.9. The second-order valence-electron chi connectivity index (χ2n) is 5.50. The normalized spacial score (nSPS) is 14.1. The molecule has 0 bridgehead atoms. The van der Waals surface area contributed by atoms with Gasteiger partial charge < -0.3 is 15.0 Å². The number of carbonyl (C=O) groups excluding carboxylic acids is 1. The van der Waals surface area contributed by atoms with Crippen molar-refractivity contribution in [2.75, 3.05) is 19.0 Å². The van der Waals surface area contributed by atoms with Gasteiger partial charge in [-0.1, -0.05) is 24.3 Å². The minimum Gasteiger partial charge on any atom is -0.478 e. The Bertz CT molecular complexity index is 673. The number of amides is 1. The molecule has 0 spiro atoms. The van der Waals surface area contributed by atoms with Gasteiger partial charge in [0, 0.05) is 38.4 Å². The Labute approximate surface area is 135 Å². The largest absolute Gasteiger partial charge is 0.478 e. The molecule has 3 rings (SSSR count). The summed E-state index contributed by atoms with van der Waals surface area (Å²) in [5, 5.41) is 3.22. The zero-order valence-corrected chi connectivity index (χ0v) is 13.2. The number of methoxy groups -OCH3 is 1. The van der Waals surface area contributed by atoms with Crippen LogP contribution in [0, 0.1) is 0 Å². The number of likely N-dealkylation sites (tertiary alicyclic amines) is 1. The molecule has 0 atom stereocenters. The van der Waals surface area contributed by atoms with Crippen molar-refractivity contribution in [1.29, 1.82) is 0 Å². The van der Waals surface area contributed by atoms with Gasteiger partial charge in [0.25, 0.3) is 5.88 Å². The molecule has 2 aromatic rings. The molecule has 1 aromatic heterocycles. The Hall–Kier alpha value is -2.63. The van der Waals surface area contributed by atoms with Crippen LogP contribution in [0.1, 0.15) is 24.0 Å². The third-order valence-electron chi connectivity index (χ3n) is 3.89. The summed E-state index contributed by atoms with van der Waals surface area (Å²) in [6, 6.07) is 8.25. The zero-order valence-electron chi connectivity index (χ0n) is 13.2. The van der Waals surface area contributed by atoms with Crippen molar-refractivity contribution in [3.05, 3.63) is 47.8 Å². The molecule has 120 valence electrons. The number of anilines is 1. The molecule has 6 heteroatoms. The van der Waals surface area contributed by atoms with E-state index in [0.29, 0.717) is 31.2 Å². The maximum absolute atomic E-state index is 11.7. The quantitative estimate of drug-likeness (QED) is 0.886. The standard InChI is InChI=1S/C17H20N4O2/c1-23-17-16(18-8-9-19-17)20-11-13-4-6-14(7-5-13)12-21-10-2-3-15(21)22/h4-9H,2-3,10-12H2,1H3,(H,18,20). The van der Waals surface area contributed by atoms with Crippen LogP contribution in [0.15, 0.2) is 36.7 Å². The first-order chi connectivity index (χ1) is 11.3. The number of hydrogen-bond donors (Lipinski definition) is 1. The fourth-order valence-corrected chi connectivity index (χ4v) is 2.64. The van der Waals surface area contributed by atoms with Gasteiger partial charge in [-0.3, -0.25) is 4.79 Å². The summed E-state index contributed by atoms with van der Waals surface area (Å²) < 4.78 is 5.16. The molecular weight excluding hydrogens is 292 g/mol. The summed E-state index contributed by atoms with van der Waals surface area (Å²) in [6.07, 6.45) is 4.88. The first-order valence-corrected chi connectivity index (χ1v) is 7.71. The topological polar surface area (TPSA) is 67.4 Å². The highest BCUT2D eigenvalue weighted by atomic mass is 16.5. The predicted octanol–water partition coefficient (Wildman–Crippen LogP) is 2.22. The Kier molecular flexibility index (Phi) is 4.71. The van der Waals surface area contributed by atoms with Crippen molar-refractivity contribution < 1.29 is 9.53 Å². The van der Waals surface area contributed by atoms with Gasteiger partial charge in [-0.2, -0.15) is 0 Å². The molecule has 1 saturated heterocycles. The van der Waals surface area contributed by atoms with E-state index >= 15 is 0 Å². The van der Waals surface area contributed by atoms with E-state index < -0.39 is 0 Å². The first kappa shape index (κ1) is 15.3. The molecule has 6 nitrogen and oxygen atoms in total. The van der Waals surface area contributed by atoms with Crippen molar-refractivity contribution in [2.45, 2.75) is 25.9 Å². The summed E-state index contributed by atoms with van der Waals surface area (Å²) in [6.45, 7) is 2.21. The summed E-state index contributed by atoms with van der Waals surface area (Å²) >= 11 is 0. The molecule has 23 heavy (non-hydrogen) atoms. The number of nitrogens with zero attached hydrogens (tertiary/aromatic N) is 3. The number of aromatic nitrogens is 2. The molecule has 1 N–H and O–H groups in total. The maximum atomic E-state index is 11.7. The first-order valence-electron chi connectivity index (χ1n) is 7.71. The van der Waals surface area contributed by atoms with E-state index in [1.54, 1.807) is 19.5 Å². The highest BCUT2D eigenvalue weighted by Gasteiger charge is 2.19. The number of nitrogens with one attached hydrogen (secondary N) is 1. The average Bonchev–Trinajstić information content (AvgIpc) is 2.99. The lowest BCUT2D eigenvalue weighted by Crippen LogP contribution is -2.23. The second-order valence-corrected chi connectivity index (χ2v) is 5.50. The van der Waals surface area contributed by atoms with Gasteiger partial charge in [-0.15, -0.1) is 0 Å². The van der Waals surface area contributed by atoms with Crippen molar-refractivity contribution in [2.24, 2.45) is 0 Å². The third-order valence-corrected chi connectivity index (χ3v) is 3.89. The van der Waals surface area contributed by atoms with Crippen molar-refractivity contribution in [3.63, 3.8) is 0 Å². The third kappa shape index (κ3) is 3.77. The van der Waals surface area contributed by atoms with E-state index in [9.17, 15) is 4.79 Å². The van der Waals surface area contributed by atoms with Crippen LogP contribution in [0.25, 0.3) is 0 Å². The van der Waals surface area contributed by atoms with Crippen molar-refractivity contribution in [1.82, 2.24) is 14.9 Å². The highest BCUT2D eigenvalue weighted by molar-refractivity contribution is 5.78. The number of benzene rings is 1. The predicted molar refractivity (Wildman–Crippen MR) is 87.0 cm³/mol. The van der Waals surface area contributed by atoms with Crippen LogP contribution in [0.3, 0.4) is 0 Å². The van der Waals surface area contributed by atoms with Gasteiger partial charge in [0.2, 0.25) is 5.91 Å². The van der Waals surface area contributed by atoms with Crippen molar-refractivity contribution >= 4 is 11.7 Å². The van der Waals surface area contributed by atoms with E-state index in [1.165, 1.54) is 0 Å². The Balaban J connectivity index is 1.58. The molecule has 0 radical (unpaired) electrons. The molecular formula is C17H20N4O2. The number of ether oxygens (including phenoxy) is 1. The zero-order chi connectivity index (χ0) is 16.1. The van der Waals surface area contributed by atoms with Gasteiger partial charge in [0.15, 0.2) is 5.82 Å². The number of hydrogen-bond acceptors (Lipinski definition) is 5. The van der Waals surface area contributed by atoms with Gasteiger partial charge in [-0.05, 0) is 17.5 Å². The summed E-state index contributed by atoms with van der Waals surface area (Å²) in [5.41, 5.74) is 2.29. The van der Waals surface area contributed by atoms with E-state index in [2.05, 4.69) is 39.6 Å². The van der Waals surface area contributed by atoms with Gasteiger partial charge in [-0.25, -0.2) is 9.97 Å². The second kappa shape index (κ2) is 7.09. The Morgan fingerprint density at radius 2 is 1.91 bits per heavy atom. The minimum atomic E-state index is 0.255. The van der Waals surface area contributed by atoms with Gasteiger partial charge in [0.1, 0.15) is 0 Å². The number of carbonyl (C=O) groups is 1. The smallest absolute Gasteiger partial charge is 0.257 e. The average molecular weight is 312 g/mol. The summed E-state index contributed by atoms with van der Waals surface area (Å²) in [7, 11) is 1.57. The molecule has 0 saturated carbocycles. The van der Waals surface area contributed by atoms with Crippen LogP contribution in [-0.2, 0) is 17.9 Å². The fraction of sp³-hybridized carbons (Fsp3) is 0.353. The molecule has 2 heterocycles. The Morgan fingerprint density at radius 1 is 1.17 bits per heavy atom. The van der Waals surface area contributed by atoms with E-state index in [4.69, 9.17) is 4.74 Å². The minimum absolute atomic E-state index is 0.255. The van der Waals surface area contributed by atoms with Crippen LogP contribution in [0.5, 0.6) is 5.88 Å². The molecule has 0 aliphatic carbocycles. The van der Waals surface area contributed by atoms with Crippen LogP contribution in [0.2, 0.25) is 0 Å². The Morgan fingerprint density at radius 3 is 2.61 bits per heavy atom. The molecule has 1 amide bonds. The molecule has 1 fully saturated rings. The lowest BCUT2D eigenvalue weighted by molar-refractivity contribution is -0.128. The number of rotatable bonds is 6. The molecule has 1 aromatic carbocycles. The molecule has 1 aliphatic rings. The lowest BCUT2D eigenvalue weighted by atomic mass is 10.1. The molecule has 0 unspecified atom stereocenters. The van der Waals surface area contributed by atoms with Gasteiger partial charge in [0.05, 0.1) is 7.11 Å². The monoisotopic (exact) mass is 312 g/mol. The lowest BCUT2D eigenvalue weighted by Gasteiger charge is -2.15. The van der Waals surface area contributed by atoms with Gasteiger partial charge >= 0.3 is 0 Å². The van der Waals surface area contributed by atoms with E-state index in [1.807, 2.05) is 4.90 Å². The van der Waals surface area contributed by atoms with Crippen LogP contribution >= 0.6 is 0 Å².